The molecule has 0 radical (unpaired) electrons. The molecular formula is C19H20N4O2. The van der Waals surface area contributed by atoms with Crippen molar-refractivity contribution in [3.63, 3.8) is 0 Å². The predicted molar refractivity (Wildman–Crippen MR) is 94.4 cm³/mol. The zero-order chi connectivity index (χ0) is 17.2. The van der Waals surface area contributed by atoms with E-state index < -0.39 is 0 Å². The first-order chi connectivity index (χ1) is 12.2. The molecule has 4 rings (SSSR count). The standard InChI is InChI=1S/C19H20N4O2/c24-18(23-11-2-5-17(23)14-6-8-20-9-7-14)15-3-1-4-16(13-15)22-12-10-21-19(22)25/h1,3-4,6-9,13,17H,2,5,10-12H2,(H,21,25). The monoisotopic (exact) mass is 336 g/mol. The number of nitrogens with zero attached hydrogens (tertiary/aromatic N) is 3. The van der Waals surface area contributed by atoms with E-state index in [0.717, 1.165) is 30.6 Å². The number of benzene rings is 1. The number of urea groups is 1. The number of likely N-dealkylation sites (tertiary alicyclic amines) is 1. The molecule has 25 heavy (non-hydrogen) atoms. The summed E-state index contributed by atoms with van der Waals surface area (Å²) in [6.07, 6.45) is 5.49. The highest BCUT2D eigenvalue weighted by Crippen LogP contribution is 2.33. The van der Waals surface area contributed by atoms with Crippen LogP contribution >= 0.6 is 0 Å². The van der Waals surface area contributed by atoms with Crippen LogP contribution < -0.4 is 10.2 Å². The average molecular weight is 336 g/mol. The van der Waals surface area contributed by atoms with Crippen molar-refractivity contribution in [2.45, 2.75) is 18.9 Å². The Hall–Kier alpha value is -2.89. The maximum atomic E-state index is 13.1. The van der Waals surface area contributed by atoms with Crippen LogP contribution in [0.3, 0.4) is 0 Å². The second-order valence-corrected chi connectivity index (χ2v) is 6.37. The highest BCUT2D eigenvalue weighted by molar-refractivity contribution is 5.98. The Balaban J connectivity index is 1.59. The van der Waals surface area contributed by atoms with E-state index in [0.29, 0.717) is 18.7 Å². The van der Waals surface area contributed by atoms with E-state index >= 15 is 0 Å². The number of carbonyl (C=O) groups is 2. The van der Waals surface area contributed by atoms with Crippen molar-refractivity contribution in [3.05, 3.63) is 59.9 Å². The molecule has 2 aliphatic rings. The average Bonchev–Trinajstić information content (AvgIpc) is 3.31. The molecule has 0 bridgehead atoms. The number of hydrogen-bond acceptors (Lipinski definition) is 3. The van der Waals surface area contributed by atoms with Gasteiger partial charge < -0.3 is 10.2 Å². The minimum absolute atomic E-state index is 0.0146. The smallest absolute Gasteiger partial charge is 0.321 e. The van der Waals surface area contributed by atoms with Crippen LogP contribution in [0.4, 0.5) is 10.5 Å². The maximum absolute atomic E-state index is 13.1. The second kappa shape index (κ2) is 6.55. The summed E-state index contributed by atoms with van der Waals surface area (Å²) in [5.41, 5.74) is 2.51. The summed E-state index contributed by atoms with van der Waals surface area (Å²) in [4.78, 5) is 32.6. The van der Waals surface area contributed by atoms with Gasteiger partial charge in [0.05, 0.1) is 6.04 Å². The van der Waals surface area contributed by atoms with E-state index in [1.807, 2.05) is 41.3 Å². The molecule has 2 aliphatic heterocycles. The summed E-state index contributed by atoms with van der Waals surface area (Å²) in [5, 5.41) is 2.79. The lowest BCUT2D eigenvalue weighted by Gasteiger charge is -2.25. The largest absolute Gasteiger partial charge is 0.336 e. The van der Waals surface area contributed by atoms with Gasteiger partial charge in [0.25, 0.3) is 5.91 Å². The second-order valence-electron chi connectivity index (χ2n) is 6.37. The van der Waals surface area contributed by atoms with Gasteiger partial charge in [0, 0.05) is 43.3 Å². The van der Waals surface area contributed by atoms with Crippen LogP contribution in [0.25, 0.3) is 0 Å². The molecule has 1 aromatic carbocycles. The van der Waals surface area contributed by atoms with Crippen molar-refractivity contribution in [2.75, 3.05) is 24.5 Å². The first-order valence-corrected chi connectivity index (χ1v) is 8.60. The molecule has 2 aromatic rings. The fourth-order valence-electron chi connectivity index (χ4n) is 3.63. The number of aromatic nitrogens is 1. The number of rotatable bonds is 3. The van der Waals surface area contributed by atoms with Gasteiger partial charge in [-0.1, -0.05) is 6.07 Å². The van der Waals surface area contributed by atoms with Gasteiger partial charge in [-0.2, -0.15) is 0 Å². The topological polar surface area (TPSA) is 65.5 Å². The lowest BCUT2D eigenvalue weighted by Crippen LogP contribution is -2.31. The van der Waals surface area contributed by atoms with Crippen molar-refractivity contribution in [2.24, 2.45) is 0 Å². The van der Waals surface area contributed by atoms with Crippen LogP contribution in [0.2, 0.25) is 0 Å². The third-order valence-corrected chi connectivity index (χ3v) is 4.87. The Bertz CT molecular complexity index is 793. The Morgan fingerprint density at radius 3 is 2.76 bits per heavy atom. The Kier molecular flexibility index (Phi) is 4.09. The molecule has 1 unspecified atom stereocenters. The molecule has 3 amide bonds. The lowest BCUT2D eigenvalue weighted by atomic mass is 10.1. The van der Waals surface area contributed by atoms with Gasteiger partial charge in [-0.3, -0.25) is 14.7 Å². The number of anilines is 1. The zero-order valence-corrected chi connectivity index (χ0v) is 13.9. The molecule has 0 saturated carbocycles. The minimum Gasteiger partial charge on any atom is -0.336 e. The van der Waals surface area contributed by atoms with E-state index in [9.17, 15) is 9.59 Å². The van der Waals surface area contributed by atoms with Crippen LogP contribution in [-0.4, -0.2) is 41.5 Å². The normalized spacial score (nSPS) is 20.0. The van der Waals surface area contributed by atoms with Gasteiger partial charge in [-0.15, -0.1) is 0 Å². The van der Waals surface area contributed by atoms with Crippen molar-refractivity contribution in [3.8, 4) is 0 Å². The first-order valence-electron chi connectivity index (χ1n) is 8.60. The highest BCUT2D eigenvalue weighted by atomic mass is 16.2. The number of nitrogens with one attached hydrogen (secondary N) is 1. The SMILES string of the molecule is O=C1NCCN1c1cccc(C(=O)N2CCCC2c2ccncc2)c1. The molecule has 0 spiro atoms. The van der Waals surface area contributed by atoms with Crippen molar-refractivity contribution < 1.29 is 9.59 Å². The molecule has 6 heteroatoms. The van der Waals surface area contributed by atoms with Crippen LogP contribution in [0.5, 0.6) is 0 Å². The van der Waals surface area contributed by atoms with Crippen LogP contribution in [-0.2, 0) is 0 Å². The van der Waals surface area contributed by atoms with Crippen molar-refractivity contribution >= 4 is 17.6 Å². The molecule has 2 saturated heterocycles. The quantitative estimate of drug-likeness (QED) is 0.937. The van der Waals surface area contributed by atoms with E-state index in [2.05, 4.69) is 10.3 Å². The maximum Gasteiger partial charge on any atom is 0.321 e. The third-order valence-electron chi connectivity index (χ3n) is 4.87. The molecule has 1 aromatic heterocycles. The van der Waals surface area contributed by atoms with Crippen LogP contribution in [0.15, 0.2) is 48.8 Å². The lowest BCUT2D eigenvalue weighted by molar-refractivity contribution is 0.0735. The van der Waals surface area contributed by atoms with Gasteiger partial charge >= 0.3 is 6.03 Å². The molecule has 3 heterocycles. The van der Waals surface area contributed by atoms with Gasteiger partial charge in [0.15, 0.2) is 0 Å². The van der Waals surface area contributed by atoms with Crippen molar-refractivity contribution in [1.82, 2.24) is 15.2 Å². The number of hydrogen-bond donors (Lipinski definition) is 1. The Labute approximate surface area is 146 Å². The summed E-state index contributed by atoms with van der Waals surface area (Å²) >= 11 is 0. The minimum atomic E-state index is -0.111. The predicted octanol–water partition coefficient (Wildman–Crippen LogP) is 2.59. The fourth-order valence-corrected chi connectivity index (χ4v) is 3.63. The van der Waals surface area contributed by atoms with E-state index in [-0.39, 0.29) is 18.0 Å². The van der Waals surface area contributed by atoms with Gasteiger partial charge in [-0.05, 0) is 48.7 Å². The summed E-state index contributed by atoms with van der Waals surface area (Å²) in [6, 6.07) is 11.3. The molecule has 2 fully saturated rings. The molecule has 1 N–H and O–H groups in total. The van der Waals surface area contributed by atoms with Gasteiger partial charge in [0.1, 0.15) is 0 Å². The molecule has 1 atom stereocenters. The van der Waals surface area contributed by atoms with Crippen molar-refractivity contribution in [1.29, 1.82) is 0 Å². The molecule has 128 valence electrons. The van der Waals surface area contributed by atoms with Crippen LogP contribution in [0.1, 0.15) is 34.8 Å². The third kappa shape index (κ3) is 2.95. The molecular weight excluding hydrogens is 316 g/mol. The molecule has 0 aliphatic carbocycles. The summed E-state index contributed by atoms with van der Waals surface area (Å²) in [6.45, 7) is 2.01. The Morgan fingerprint density at radius 2 is 2.00 bits per heavy atom. The summed E-state index contributed by atoms with van der Waals surface area (Å²) in [7, 11) is 0. The Morgan fingerprint density at radius 1 is 1.16 bits per heavy atom. The number of pyridine rings is 1. The van der Waals surface area contributed by atoms with E-state index in [1.54, 1.807) is 17.3 Å². The summed E-state index contributed by atoms with van der Waals surface area (Å²) in [5.74, 6) is 0.0146. The number of amides is 3. The number of carbonyl (C=O) groups excluding carboxylic acids is 2. The molecule has 6 nitrogen and oxygen atoms in total. The summed E-state index contributed by atoms with van der Waals surface area (Å²) < 4.78 is 0. The first kappa shape index (κ1) is 15.6. The van der Waals surface area contributed by atoms with Crippen LogP contribution in [0, 0.1) is 0 Å². The van der Waals surface area contributed by atoms with E-state index in [4.69, 9.17) is 0 Å². The van der Waals surface area contributed by atoms with Gasteiger partial charge in [0.2, 0.25) is 0 Å². The highest BCUT2D eigenvalue weighted by Gasteiger charge is 2.31. The van der Waals surface area contributed by atoms with Gasteiger partial charge in [-0.25, -0.2) is 4.79 Å². The zero-order valence-electron chi connectivity index (χ0n) is 13.9. The van der Waals surface area contributed by atoms with E-state index in [1.165, 1.54) is 0 Å². The fraction of sp³-hybridized carbons (Fsp3) is 0.316.